The fraction of sp³-hybridized carbons (Fsp3) is 0.294. The Morgan fingerprint density at radius 1 is 1.14 bits per heavy atom. The smallest absolute Gasteiger partial charge is 0.255 e. The lowest BCUT2D eigenvalue weighted by atomic mass is 9.99. The van der Waals surface area contributed by atoms with Crippen LogP contribution in [0.3, 0.4) is 0 Å². The van der Waals surface area contributed by atoms with Crippen molar-refractivity contribution in [2.75, 3.05) is 14.2 Å². The highest BCUT2D eigenvalue weighted by atomic mass is 16.5. The third-order valence-electron chi connectivity index (χ3n) is 3.38. The van der Waals surface area contributed by atoms with Crippen LogP contribution in [0.2, 0.25) is 0 Å². The number of hydrogen-bond acceptors (Lipinski definition) is 4. The Hall–Kier alpha value is -2.56. The number of aromatic nitrogens is 1. The van der Waals surface area contributed by atoms with Crippen LogP contribution < -0.4 is 14.8 Å². The van der Waals surface area contributed by atoms with E-state index in [1.807, 2.05) is 32.0 Å². The van der Waals surface area contributed by atoms with Gasteiger partial charge in [-0.3, -0.25) is 9.78 Å². The molecule has 1 amide bonds. The van der Waals surface area contributed by atoms with E-state index in [4.69, 9.17) is 9.47 Å². The van der Waals surface area contributed by atoms with Gasteiger partial charge in [-0.05, 0) is 38.1 Å². The van der Waals surface area contributed by atoms with Crippen molar-refractivity contribution in [3.05, 3.63) is 53.9 Å². The molecule has 0 aliphatic heterocycles. The second kappa shape index (κ2) is 6.47. The quantitative estimate of drug-likeness (QED) is 0.922. The van der Waals surface area contributed by atoms with Crippen molar-refractivity contribution in [3.8, 4) is 11.5 Å². The number of ether oxygens (including phenoxy) is 2. The first-order chi connectivity index (χ1) is 10.5. The van der Waals surface area contributed by atoms with E-state index < -0.39 is 5.54 Å². The van der Waals surface area contributed by atoms with Gasteiger partial charge in [0.25, 0.3) is 5.91 Å². The minimum absolute atomic E-state index is 0.227. The lowest BCUT2D eigenvalue weighted by Crippen LogP contribution is -2.41. The molecule has 1 N–H and O–H groups in total. The molecule has 0 saturated heterocycles. The summed E-state index contributed by atoms with van der Waals surface area (Å²) in [4.78, 5) is 16.9. The van der Waals surface area contributed by atoms with Gasteiger partial charge in [-0.2, -0.15) is 0 Å². The first-order valence-corrected chi connectivity index (χ1v) is 6.94. The maximum absolute atomic E-state index is 12.6. The SMILES string of the molecule is COc1ccc(C(=O)NC(C)(C)c2ccccn2)c(OC)c1. The number of methoxy groups -OCH3 is 2. The Bertz CT molecular complexity index is 654. The Kier molecular flexibility index (Phi) is 4.65. The molecular weight excluding hydrogens is 280 g/mol. The van der Waals surface area contributed by atoms with E-state index in [1.165, 1.54) is 7.11 Å². The highest BCUT2D eigenvalue weighted by Gasteiger charge is 2.26. The molecule has 1 aromatic carbocycles. The number of amides is 1. The zero-order valence-electron chi connectivity index (χ0n) is 13.2. The lowest BCUT2D eigenvalue weighted by Gasteiger charge is -2.26. The van der Waals surface area contributed by atoms with Crippen LogP contribution in [-0.2, 0) is 5.54 Å². The number of nitrogens with one attached hydrogen (secondary N) is 1. The molecule has 5 nitrogen and oxygen atoms in total. The highest BCUT2D eigenvalue weighted by Crippen LogP contribution is 2.26. The van der Waals surface area contributed by atoms with Gasteiger partial charge in [-0.25, -0.2) is 0 Å². The molecule has 0 fully saturated rings. The second-order valence-corrected chi connectivity index (χ2v) is 5.36. The summed E-state index contributed by atoms with van der Waals surface area (Å²) in [6, 6.07) is 10.7. The molecule has 0 saturated carbocycles. The molecule has 0 spiro atoms. The third kappa shape index (κ3) is 3.36. The summed E-state index contributed by atoms with van der Waals surface area (Å²) in [5.74, 6) is 0.876. The Balaban J connectivity index is 2.25. The van der Waals surface area contributed by atoms with Crippen LogP contribution in [0.4, 0.5) is 0 Å². The van der Waals surface area contributed by atoms with Gasteiger partial charge >= 0.3 is 0 Å². The minimum atomic E-state index is -0.594. The highest BCUT2D eigenvalue weighted by molar-refractivity contribution is 5.97. The van der Waals surface area contributed by atoms with E-state index in [1.54, 1.807) is 31.5 Å². The van der Waals surface area contributed by atoms with Gasteiger partial charge in [-0.15, -0.1) is 0 Å². The summed E-state index contributed by atoms with van der Waals surface area (Å²) >= 11 is 0. The number of benzene rings is 1. The number of hydrogen-bond donors (Lipinski definition) is 1. The summed E-state index contributed by atoms with van der Waals surface area (Å²) in [5.41, 5.74) is 0.645. The van der Waals surface area contributed by atoms with Gasteiger partial charge in [0.2, 0.25) is 0 Å². The van der Waals surface area contributed by atoms with Crippen LogP contribution in [0, 0.1) is 0 Å². The molecule has 0 bridgehead atoms. The fourth-order valence-corrected chi connectivity index (χ4v) is 2.13. The van der Waals surface area contributed by atoms with Gasteiger partial charge in [0.15, 0.2) is 0 Å². The first-order valence-electron chi connectivity index (χ1n) is 6.94. The van der Waals surface area contributed by atoms with Crippen LogP contribution in [0.15, 0.2) is 42.6 Å². The fourth-order valence-electron chi connectivity index (χ4n) is 2.13. The predicted octanol–water partition coefficient (Wildman–Crippen LogP) is 2.76. The Morgan fingerprint density at radius 3 is 2.50 bits per heavy atom. The molecule has 0 aliphatic carbocycles. The van der Waals surface area contributed by atoms with E-state index in [9.17, 15) is 4.79 Å². The topological polar surface area (TPSA) is 60.5 Å². The molecule has 0 aliphatic rings. The molecule has 116 valence electrons. The molecule has 0 radical (unpaired) electrons. The van der Waals surface area contributed by atoms with Gasteiger partial charge in [-0.1, -0.05) is 6.07 Å². The van der Waals surface area contributed by atoms with Crippen molar-refractivity contribution in [2.45, 2.75) is 19.4 Å². The molecule has 2 aromatic rings. The van der Waals surface area contributed by atoms with E-state index in [0.29, 0.717) is 17.1 Å². The maximum atomic E-state index is 12.6. The summed E-state index contributed by atoms with van der Waals surface area (Å²) < 4.78 is 10.4. The van der Waals surface area contributed by atoms with E-state index in [-0.39, 0.29) is 5.91 Å². The van der Waals surface area contributed by atoms with Gasteiger partial charge in [0, 0.05) is 12.3 Å². The van der Waals surface area contributed by atoms with Gasteiger partial charge in [0.1, 0.15) is 11.5 Å². The van der Waals surface area contributed by atoms with E-state index >= 15 is 0 Å². The molecule has 0 unspecified atom stereocenters. The molecule has 2 rings (SSSR count). The summed E-state index contributed by atoms with van der Waals surface area (Å²) in [7, 11) is 3.09. The zero-order chi connectivity index (χ0) is 16.2. The molecule has 22 heavy (non-hydrogen) atoms. The first kappa shape index (κ1) is 15.8. The van der Waals surface area contributed by atoms with Crippen LogP contribution >= 0.6 is 0 Å². The van der Waals surface area contributed by atoms with Crippen molar-refractivity contribution >= 4 is 5.91 Å². The minimum Gasteiger partial charge on any atom is -0.497 e. The number of pyridine rings is 1. The predicted molar refractivity (Wildman–Crippen MR) is 84.3 cm³/mol. The van der Waals surface area contributed by atoms with Crippen molar-refractivity contribution in [3.63, 3.8) is 0 Å². The Morgan fingerprint density at radius 2 is 1.91 bits per heavy atom. The molecule has 5 heteroatoms. The average Bonchev–Trinajstić information content (AvgIpc) is 2.54. The van der Waals surface area contributed by atoms with E-state index in [2.05, 4.69) is 10.3 Å². The summed E-state index contributed by atoms with van der Waals surface area (Å²) in [6.45, 7) is 3.81. The maximum Gasteiger partial charge on any atom is 0.255 e. The van der Waals surface area contributed by atoms with Crippen LogP contribution in [-0.4, -0.2) is 25.1 Å². The summed E-state index contributed by atoms with van der Waals surface area (Å²) in [5, 5.41) is 2.98. The van der Waals surface area contributed by atoms with Crippen molar-refractivity contribution in [1.29, 1.82) is 0 Å². The Labute approximate surface area is 130 Å². The number of nitrogens with zero attached hydrogens (tertiary/aromatic N) is 1. The second-order valence-electron chi connectivity index (χ2n) is 5.36. The van der Waals surface area contributed by atoms with Crippen molar-refractivity contribution in [1.82, 2.24) is 10.3 Å². The lowest BCUT2D eigenvalue weighted by molar-refractivity contribution is 0.0907. The van der Waals surface area contributed by atoms with Gasteiger partial charge in [0.05, 0.1) is 31.0 Å². The zero-order valence-corrected chi connectivity index (χ0v) is 13.2. The van der Waals surface area contributed by atoms with Crippen LogP contribution in [0.25, 0.3) is 0 Å². The van der Waals surface area contributed by atoms with Crippen molar-refractivity contribution in [2.24, 2.45) is 0 Å². The normalized spacial score (nSPS) is 10.9. The van der Waals surface area contributed by atoms with Gasteiger partial charge < -0.3 is 14.8 Å². The number of carbonyl (C=O) groups is 1. The van der Waals surface area contributed by atoms with Crippen molar-refractivity contribution < 1.29 is 14.3 Å². The largest absolute Gasteiger partial charge is 0.497 e. The molecule has 1 heterocycles. The monoisotopic (exact) mass is 300 g/mol. The molecule has 0 atom stereocenters. The molecular formula is C17H20N2O3. The van der Waals surface area contributed by atoms with Crippen LogP contribution in [0.1, 0.15) is 29.9 Å². The van der Waals surface area contributed by atoms with E-state index in [0.717, 1.165) is 5.69 Å². The molecule has 1 aromatic heterocycles. The number of carbonyl (C=O) groups excluding carboxylic acids is 1. The van der Waals surface area contributed by atoms with Crippen LogP contribution in [0.5, 0.6) is 11.5 Å². The third-order valence-corrected chi connectivity index (χ3v) is 3.38. The summed E-state index contributed by atoms with van der Waals surface area (Å²) in [6.07, 6.45) is 1.71. The standard InChI is InChI=1S/C17H20N2O3/c1-17(2,15-7-5-6-10-18-15)19-16(20)13-9-8-12(21-3)11-14(13)22-4/h5-11H,1-4H3,(H,19,20). The number of rotatable bonds is 5. The average molecular weight is 300 g/mol.